The van der Waals surface area contributed by atoms with Crippen molar-refractivity contribution in [2.45, 2.75) is 44.4 Å². The number of aromatic nitrogens is 2. The van der Waals surface area contributed by atoms with Gasteiger partial charge < -0.3 is 21.7 Å². The van der Waals surface area contributed by atoms with Crippen LogP contribution < -0.4 is 21.7 Å². The number of halogens is 2. The third-order valence-electron chi connectivity index (χ3n) is 5.84. The van der Waals surface area contributed by atoms with E-state index in [9.17, 15) is 9.18 Å². The molecule has 4 heterocycles. The molecular weight excluding hydrogens is 409 g/mol. The monoisotopic (exact) mass is 433 g/mol. The predicted molar refractivity (Wildman–Crippen MR) is 114 cm³/mol. The summed E-state index contributed by atoms with van der Waals surface area (Å²) in [4.78, 5) is 22.4. The minimum atomic E-state index is -0.766. The van der Waals surface area contributed by atoms with Crippen LogP contribution in [0.4, 0.5) is 10.2 Å². The summed E-state index contributed by atoms with van der Waals surface area (Å²) in [6, 6.07) is -0.0639. The number of nitrogens with zero attached hydrogens (tertiary/aromatic N) is 3. The number of anilines is 1. The standard InChI is InChI=1S/C20H25ClFN7O/c1-20(2,19(23)30)29-5-3-4-12(10-29)27-18-15(22)9-26-17(28-18)14-8-25-16-13(14)6-11(21)7-24-16/h6-9,12,16,24-25H,3-5,10H2,1-2H3,(H2,23,30)(H,26,27,28)/t12-,16?/m0/s1. The minimum absolute atomic E-state index is 0.0639. The lowest BCUT2D eigenvalue weighted by Gasteiger charge is -2.41. The van der Waals surface area contributed by atoms with Gasteiger partial charge in [0.1, 0.15) is 6.17 Å². The summed E-state index contributed by atoms with van der Waals surface area (Å²) < 4.78 is 14.5. The Morgan fingerprint density at radius 2 is 2.17 bits per heavy atom. The van der Waals surface area contributed by atoms with E-state index < -0.39 is 11.4 Å². The van der Waals surface area contributed by atoms with Crippen molar-refractivity contribution in [3.8, 4) is 0 Å². The molecule has 30 heavy (non-hydrogen) atoms. The second-order valence-electron chi connectivity index (χ2n) is 8.20. The van der Waals surface area contributed by atoms with Crippen molar-refractivity contribution < 1.29 is 9.18 Å². The zero-order chi connectivity index (χ0) is 21.5. The van der Waals surface area contributed by atoms with Crippen LogP contribution in [0, 0.1) is 5.82 Å². The summed E-state index contributed by atoms with van der Waals surface area (Å²) in [6.45, 7) is 4.95. The highest BCUT2D eigenvalue weighted by Gasteiger charge is 2.36. The number of hydrogen-bond donors (Lipinski definition) is 4. The van der Waals surface area contributed by atoms with Crippen LogP contribution >= 0.6 is 11.6 Å². The van der Waals surface area contributed by atoms with E-state index in [2.05, 4.69) is 25.9 Å². The molecule has 8 nitrogen and oxygen atoms in total. The number of amides is 1. The fourth-order valence-electron chi connectivity index (χ4n) is 3.89. The number of nitrogens with two attached hydrogens (primary N) is 1. The molecule has 1 aromatic rings. The fraction of sp³-hybridized carbons (Fsp3) is 0.450. The van der Waals surface area contributed by atoms with Crippen molar-refractivity contribution in [3.63, 3.8) is 0 Å². The molecule has 160 valence electrons. The molecule has 2 atom stereocenters. The van der Waals surface area contributed by atoms with Gasteiger partial charge in [-0.15, -0.1) is 0 Å². The maximum Gasteiger partial charge on any atom is 0.237 e. The molecule has 1 aromatic heterocycles. The Bertz CT molecular complexity index is 958. The lowest BCUT2D eigenvalue weighted by Crippen LogP contribution is -2.58. The van der Waals surface area contributed by atoms with Crippen molar-refractivity contribution in [1.29, 1.82) is 0 Å². The Morgan fingerprint density at radius 1 is 1.40 bits per heavy atom. The average Bonchev–Trinajstić information content (AvgIpc) is 3.13. The van der Waals surface area contributed by atoms with E-state index in [1.54, 1.807) is 12.4 Å². The van der Waals surface area contributed by atoms with Gasteiger partial charge >= 0.3 is 0 Å². The van der Waals surface area contributed by atoms with Crippen molar-refractivity contribution in [3.05, 3.63) is 46.9 Å². The van der Waals surface area contributed by atoms with Crippen LogP contribution in [0.15, 0.2) is 35.3 Å². The molecule has 0 spiro atoms. The second kappa shape index (κ2) is 7.88. The Balaban J connectivity index is 1.53. The number of piperidine rings is 1. The van der Waals surface area contributed by atoms with E-state index in [0.29, 0.717) is 17.4 Å². The van der Waals surface area contributed by atoms with E-state index in [0.717, 1.165) is 30.5 Å². The number of carbonyl (C=O) groups excluding carboxylic acids is 1. The average molecular weight is 434 g/mol. The number of likely N-dealkylation sites (tertiary alicyclic amines) is 1. The van der Waals surface area contributed by atoms with E-state index in [-0.39, 0.29) is 23.9 Å². The number of hydrogen-bond acceptors (Lipinski definition) is 7. The molecule has 1 amide bonds. The summed E-state index contributed by atoms with van der Waals surface area (Å²) in [6.07, 6.45) is 8.10. The summed E-state index contributed by atoms with van der Waals surface area (Å²) in [5.41, 5.74) is 6.44. The highest BCUT2D eigenvalue weighted by atomic mass is 35.5. The van der Waals surface area contributed by atoms with E-state index >= 15 is 0 Å². The lowest BCUT2D eigenvalue weighted by atomic mass is 9.96. The van der Waals surface area contributed by atoms with Crippen LogP contribution in [-0.2, 0) is 4.79 Å². The first-order valence-corrected chi connectivity index (χ1v) is 10.3. The quantitative estimate of drug-likeness (QED) is 0.559. The molecule has 0 radical (unpaired) electrons. The number of nitrogens with one attached hydrogen (secondary N) is 3. The van der Waals surface area contributed by atoms with Gasteiger partial charge in [-0.1, -0.05) is 11.6 Å². The highest BCUT2D eigenvalue weighted by molar-refractivity contribution is 6.31. The number of rotatable bonds is 5. The van der Waals surface area contributed by atoms with Gasteiger partial charge in [0.25, 0.3) is 0 Å². The summed E-state index contributed by atoms with van der Waals surface area (Å²) in [5.74, 6) is -0.365. The van der Waals surface area contributed by atoms with Gasteiger partial charge in [-0.05, 0) is 39.3 Å². The highest BCUT2D eigenvalue weighted by Crippen LogP contribution is 2.31. The van der Waals surface area contributed by atoms with Gasteiger partial charge in [-0.3, -0.25) is 9.69 Å². The molecule has 4 rings (SSSR count). The minimum Gasteiger partial charge on any atom is -0.368 e. The van der Waals surface area contributed by atoms with Gasteiger partial charge in [0.05, 0.1) is 16.8 Å². The molecule has 1 fully saturated rings. The molecule has 1 saturated heterocycles. The number of fused-ring (bicyclic) bond motifs is 1. The first-order valence-electron chi connectivity index (χ1n) is 9.90. The first kappa shape index (κ1) is 20.6. The van der Waals surface area contributed by atoms with Crippen molar-refractivity contribution in [1.82, 2.24) is 25.5 Å². The predicted octanol–water partition coefficient (Wildman–Crippen LogP) is 1.64. The van der Waals surface area contributed by atoms with Gasteiger partial charge in [0.15, 0.2) is 17.5 Å². The SMILES string of the molecule is CC(C)(C(N)=O)N1CCC[C@H](Nc2nc(C3=CNC4NC=C(Cl)C=C34)ncc2F)C1. The third kappa shape index (κ3) is 3.87. The molecule has 0 aliphatic carbocycles. The van der Waals surface area contributed by atoms with Crippen LogP contribution in [-0.4, -0.2) is 51.6 Å². The third-order valence-corrected chi connectivity index (χ3v) is 6.06. The molecule has 10 heteroatoms. The van der Waals surface area contributed by atoms with Crippen molar-refractivity contribution in [2.75, 3.05) is 18.4 Å². The van der Waals surface area contributed by atoms with Gasteiger partial charge in [-0.2, -0.15) is 0 Å². The maximum absolute atomic E-state index is 14.5. The van der Waals surface area contributed by atoms with Crippen LogP contribution in [0.5, 0.6) is 0 Å². The molecule has 0 aromatic carbocycles. The summed E-state index contributed by atoms with van der Waals surface area (Å²) in [5, 5.41) is 10.1. The van der Waals surface area contributed by atoms with Crippen LogP contribution in [0.1, 0.15) is 32.5 Å². The topological polar surface area (TPSA) is 108 Å². The maximum atomic E-state index is 14.5. The molecule has 3 aliphatic heterocycles. The zero-order valence-electron chi connectivity index (χ0n) is 16.9. The number of dihydropyridines is 1. The van der Waals surface area contributed by atoms with Gasteiger partial charge in [0.2, 0.25) is 5.91 Å². The summed E-state index contributed by atoms with van der Waals surface area (Å²) in [7, 11) is 0. The Hall–Kier alpha value is -2.65. The van der Waals surface area contributed by atoms with Crippen LogP contribution in [0.2, 0.25) is 0 Å². The van der Waals surface area contributed by atoms with E-state index in [4.69, 9.17) is 17.3 Å². The second-order valence-corrected chi connectivity index (χ2v) is 8.63. The Morgan fingerprint density at radius 3 is 2.93 bits per heavy atom. The number of carbonyl (C=O) groups is 1. The molecular formula is C20H25ClFN7O. The zero-order valence-corrected chi connectivity index (χ0v) is 17.6. The Labute approximate surface area is 179 Å². The Kier molecular flexibility index (Phi) is 5.42. The van der Waals surface area contributed by atoms with Crippen molar-refractivity contribution >= 4 is 28.9 Å². The molecule has 0 saturated carbocycles. The lowest BCUT2D eigenvalue weighted by molar-refractivity contribution is -0.129. The van der Waals surface area contributed by atoms with Gasteiger partial charge in [-0.25, -0.2) is 14.4 Å². The van der Waals surface area contributed by atoms with Crippen LogP contribution in [0.25, 0.3) is 5.57 Å². The molecule has 1 unspecified atom stereocenters. The molecule has 0 bridgehead atoms. The fourth-order valence-corrected chi connectivity index (χ4v) is 4.07. The van der Waals surface area contributed by atoms with Crippen molar-refractivity contribution in [2.24, 2.45) is 5.73 Å². The summed E-state index contributed by atoms with van der Waals surface area (Å²) >= 11 is 6.11. The van der Waals surface area contributed by atoms with Gasteiger partial charge in [0, 0.05) is 36.1 Å². The number of allylic oxidation sites excluding steroid dienone is 2. The smallest absolute Gasteiger partial charge is 0.237 e. The molecule has 5 N–H and O–H groups in total. The van der Waals surface area contributed by atoms with Crippen LogP contribution in [0.3, 0.4) is 0 Å². The first-order chi connectivity index (χ1) is 14.3. The normalized spacial score (nSPS) is 24.1. The van der Waals surface area contributed by atoms with E-state index in [1.807, 2.05) is 24.8 Å². The molecule has 3 aliphatic rings. The largest absolute Gasteiger partial charge is 0.368 e. The number of primary amides is 1. The van der Waals surface area contributed by atoms with E-state index in [1.165, 1.54) is 6.20 Å².